The number of benzene rings is 1. The Kier molecular flexibility index (Phi) is 6.35. The normalized spacial score (nSPS) is 24.4. The third-order valence-electron chi connectivity index (χ3n) is 5.31. The summed E-state index contributed by atoms with van der Waals surface area (Å²) in [5.41, 5.74) is 0.910. The van der Waals surface area contributed by atoms with Crippen LogP contribution in [0, 0.1) is 11.8 Å². The molecule has 2 aliphatic rings. The number of amides is 1. The lowest BCUT2D eigenvalue weighted by Crippen LogP contribution is -2.42. The van der Waals surface area contributed by atoms with Gasteiger partial charge in [-0.3, -0.25) is 4.79 Å². The van der Waals surface area contributed by atoms with E-state index in [0.29, 0.717) is 28.8 Å². The van der Waals surface area contributed by atoms with E-state index >= 15 is 4.39 Å². The number of rotatable bonds is 7. The molecule has 1 aliphatic carbocycles. The Morgan fingerprint density at radius 3 is 3.13 bits per heavy atom. The van der Waals surface area contributed by atoms with Gasteiger partial charge in [-0.1, -0.05) is 29.6 Å². The number of ether oxygens (including phenoxy) is 3. The number of thiazole rings is 1. The number of hydrogen-bond donors (Lipinski definition) is 2. The minimum absolute atomic E-state index is 0.101. The van der Waals surface area contributed by atoms with E-state index in [9.17, 15) is 4.79 Å². The van der Waals surface area contributed by atoms with Gasteiger partial charge in [-0.05, 0) is 36.3 Å². The molecule has 0 fully saturated rings. The average molecular weight is 447 g/mol. The summed E-state index contributed by atoms with van der Waals surface area (Å²) in [4.78, 5) is 16.5. The molecule has 2 N–H and O–H groups in total. The molecule has 3 atom stereocenters. The van der Waals surface area contributed by atoms with Gasteiger partial charge in [0.25, 0.3) is 11.1 Å². The van der Waals surface area contributed by atoms with Crippen molar-refractivity contribution in [1.29, 1.82) is 0 Å². The Balaban J connectivity index is 1.47. The van der Waals surface area contributed by atoms with Crippen molar-refractivity contribution in [3.05, 3.63) is 59.1 Å². The Labute approximate surface area is 183 Å². The second kappa shape index (κ2) is 9.17. The molecule has 1 aromatic heterocycles. The summed E-state index contributed by atoms with van der Waals surface area (Å²) < 4.78 is 32.0. The third kappa shape index (κ3) is 4.63. The smallest absolute Gasteiger partial charge is 0.279 e. The summed E-state index contributed by atoms with van der Waals surface area (Å²) in [6.07, 6.45) is 8.77. The Bertz CT molecular complexity index is 1010. The minimum Gasteiger partial charge on any atom is -0.493 e. The molecule has 9 heteroatoms. The van der Waals surface area contributed by atoms with Crippen LogP contribution >= 0.6 is 11.3 Å². The van der Waals surface area contributed by atoms with Crippen LogP contribution in [0.2, 0.25) is 0 Å². The molecule has 4 rings (SSSR count). The van der Waals surface area contributed by atoms with Crippen molar-refractivity contribution >= 4 is 17.2 Å². The minimum atomic E-state index is -1.86. The fraction of sp³-hybridized carbons (Fsp3) is 0.364. The number of methoxy groups -OCH3 is 1. The predicted octanol–water partition coefficient (Wildman–Crippen LogP) is 3.26. The lowest BCUT2D eigenvalue weighted by molar-refractivity contribution is -0.128. The molecule has 1 aliphatic heterocycles. The summed E-state index contributed by atoms with van der Waals surface area (Å²) in [5.74, 6) is -1.44. The van der Waals surface area contributed by atoms with Gasteiger partial charge in [-0.2, -0.15) is 0 Å². The Morgan fingerprint density at radius 1 is 1.45 bits per heavy atom. The SMILES string of the molecule is COC1(F)C=CC=CC1C1COc2ccc(Oc3ncc(C(=O)NCCO)s3)cc2C1. The van der Waals surface area contributed by atoms with Gasteiger partial charge in [-0.15, -0.1) is 0 Å². The van der Waals surface area contributed by atoms with E-state index in [0.717, 1.165) is 22.6 Å². The second-order valence-electron chi connectivity index (χ2n) is 7.29. The van der Waals surface area contributed by atoms with E-state index in [2.05, 4.69) is 10.3 Å². The quantitative estimate of drug-likeness (QED) is 0.679. The Morgan fingerprint density at radius 2 is 2.32 bits per heavy atom. The van der Waals surface area contributed by atoms with Gasteiger partial charge in [-0.25, -0.2) is 9.37 Å². The number of carbonyl (C=O) groups excluding carboxylic acids is 1. The van der Waals surface area contributed by atoms with Crippen LogP contribution in [-0.2, 0) is 11.2 Å². The summed E-state index contributed by atoms with van der Waals surface area (Å²) in [6.45, 7) is 0.435. The maximum absolute atomic E-state index is 15.1. The molecular weight excluding hydrogens is 423 g/mol. The van der Waals surface area contributed by atoms with Gasteiger partial charge >= 0.3 is 0 Å². The molecule has 0 saturated carbocycles. The summed E-state index contributed by atoms with van der Waals surface area (Å²) in [7, 11) is 1.37. The lowest BCUT2D eigenvalue weighted by Gasteiger charge is -2.37. The van der Waals surface area contributed by atoms with Crippen molar-refractivity contribution in [2.75, 3.05) is 26.9 Å². The number of nitrogens with one attached hydrogen (secondary N) is 1. The number of fused-ring (bicyclic) bond motifs is 1. The highest BCUT2D eigenvalue weighted by Crippen LogP contribution is 2.41. The first-order valence-corrected chi connectivity index (χ1v) is 10.7. The van der Waals surface area contributed by atoms with Crippen LogP contribution < -0.4 is 14.8 Å². The van der Waals surface area contributed by atoms with Crippen LogP contribution in [0.25, 0.3) is 0 Å². The van der Waals surface area contributed by atoms with Crippen LogP contribution in [-0.4, -0.2) is 48.7 Å². The van der Waals surface area contributed by atoms with Gasteiger partial charge < -0.3 is 24.6 Å². The van der Waals surface area contributed by atoms with Gasteiger partial charge in [0.05, 0.1) is 19.4 Å². The topological polar surface area (TPSA) is 89.9 Å². The summed E-state index contributed by atoms with van der Waals surface area (Å²) in [5, 5.41) is 11.7. The molecule has 31 heavy (non-hydrogen) atoms. The summed E-state index contributed by atoms with van der Waals surface area (Å²) >= 11 is 1.11. The monoisotopic (exact) mass is 446 g/mol. The number of aliphatic hydroxyl groups excluding tert-OH is 1. The van der Waals surface area contributed by atoms with Gasteiger partial charge in [0.15, 0.2) is 0 Å². The van der Waals surface area contributed by atoms with Gasteiger partial charge in [0, 0.05) is 25.5 Å². The molecule has 7 nitrogen and oxygen atoms in total. The Hall–Kier alpha value is -2.75. The van der Waals surface area contributed by atoms with Crippen molar-refractivity contribution in [2.24, 2.45) is 11.8 Å². The summed E-state index contributed by atoms with van der Waals surface area (Å²) in [6, 6.07) is 5.44. The number of carbonyl (C=O) groups is 1. The van der Waals surface area contributed by atoms with Crippen LogP contribution in [0.1, 0.15) is 15.2 Å². The standard InChI is InChI=1S/C22H23FN2O5S/c1-28-22(23)7-3-2-4-17(22)15-10-14-11-16(5-6-18(14)29-13-15)30-21-25-12-19(31-21)20(27)24-8-9-26/h2-7,11-12,15,17,26H,8-10,13H2,1H3,(H,24,27). The van der Waals surface area contributed by atoms with Crippen molar-refractivity contribution in [1.82, 2.24) is 10.3 Å². The molecule has 1 amide bonds. The molecule has 164 valence electrons. The van der Waals surface area contributed by atoms with Crippen LogP contribution in [0.4, 0.5) is 4.39 Å². The number of halogens is 1. The number of allylic oxidation sites excluding steroid dienone is 2. The van der Waals surface area contributed by atoms with Crippen LogP contribution in [0.15, 0.2) is 48.7 Å². The molecule has 0 spiro atoms. The fourth-order valence-electron chi connectivity index (χ4n) is 3.75. The highest BCUT2D eigenvalue weighted by molar-refractivity contribution is 7.15. The first kappa shape index (κ1) is 21.5. The molecule has 1 aromatic carbocycles. The molecule has 2 heterocycles. The average Bonchev–Trinajstić information content (AvgIpc) is 3.26. The number of hydrogen-bond acceptors (Lipinski definition) is 7. The highest BCUT2D eigenvalue weighted by atomic mass is 32.1. The number of nitrogens with zero attached hydrogens (tertiary/aromatic N) is 1. The lowest BCUT2D eigenvalue weighted by atomic mass is 9.79. The maximum atomic E-state index is 15.1. The van der Waals surface area contributed by atoms with E-state index in [1.54, 1.807) is 12.1 Å². The number of alkyl halides is 1. The third-order valence-corrected chi connectivity index (χ3v) is 6.18. The molecule has 3 unspecified atom stereocenters. The molecular formula is C22H23FN2O5S. The molecule has 0 saturated heterocycles. The van der Waals surface area contributed by atoms with E-state index in [1.165, 1.54) is 19.4 Å². The van der Waals surface area contributed by atoms with E-state index in [4.69, 9.17) is 19.3 Å². The van der Waals surface area contributed by atoms with Crippen molar-refractivity contribution in [3.8, 4) is 16.7 Å². The predicted molar refractivity (Wildman–Crippen MR) is 113 cm³/mol. The number of aromatic nitrogens is 1. The van der Waals surface area contributed by atoms with Gasteiger partial charge in [0.2, 0.25) is 5.85 Å². The van der Waals surface area contributed by atoms with Crippen LogP contribution in [0.5, 0.6) is 16.7 Å². The second-order valence-corrected chi connectivity index (χ2v) is 8.28. The van der Waals surface area contributed by atoms with Crippen molar-refractivity contribution < 1.29 is 28.5 Å². The molecule has 0 bridgehead atoms. The van der Waals surface area contributed by atoms with E-state index in [1.807, 2.05) is 24.3 Å². The van der Waals surface area contributed by atoms with E-state index in [-0.39, 0.29) is 25.0 Å². The van der Waals surface area contributed by atoms with Crippen LogP contribution in [0.3, 0.4) is 0 Å². The zero-order chi connectivity index (χ0) is 21.8. The number of aliphatic hydroxyl groups is 1. The zero-order valence-electron chi connectivity index (χ0n) is 16.9. The highest BCUT2D eigenvalue weighted by Gasteiger charge is 2.43. The van der Waals surface area contributed by atoms with Crippen molar-refractivity contribution in [3.63, 3.8) is 0 Å². The zero-order valence-corrected chi connectivity index (χ0v) is 17.7. The largest absolute Gasteiger partial charge is 0.493 e. The van der Waals surface area contributed by atoms with Gasteiger partial charge in [0.1, 0.15) is 16.4 Å². The molecule has 0 radical (unpaired) electrons. The molecule has 2 aromatic rings. The van der Waals surface area contributed by atoms with Crippen molar-refractivity contribution in [2.45, 2.75) is 12.3 Å². The fourth-order valence-corrected chi connectivity index (χ4v) is 4.45. The maximum Gasteiger partial charge on any atom is 0.279 e. The first-order valence-electron chi connectivity index (χ1n) is 9.91. The first-order chi connectivity index (χ1) is 15.0. The van der Waals surface area contributed by atoms with E-state index < -0.39 is 11.8 Å².